The molecule has 2 atom stereocenters. The third kappa shape index (κ3) is 2.52. The molecule has 0 unspecified atom stereocenters. The molecular formula is C15H24N4O. The Balaban J connectivity index is 1.77. The van der Waals surface area contributed by atoms with E-state index in [4.69, 9.17) is 0 Å². The summed E-state index contributed by atoms with van der Waals surface area (Å²) >= 11 is 0. The molecule has 5 heteroatoms. The molecule has 110 valence electrons. The summed E-state index contributed by atoms with van der Waals surface area (Å²) in [5, 5.41) is 14.1. The Morgan fingerprint density at radius 1 is 1.45 bits per heavy atom. The predicted molar refractivity (Wildman–Crippen MR) is 78.9 cm³/mol. The maximum Gasteiger partial charge on any atom is 0.225 e. The molecule has 0 bridgehead atoms. The molecule has 3 rings (SSSR count). The highest BCUT2D eigenvalue weighted by molar-refractivity contribution is 5.33. The van der Waals surface area contributed by atoms with Gasteiger partial charge in [-0.2, -0.15) is 0 Å². The van der Waals surface area contributed by atoms with Crippen molar-refractivity contribution < 1.29 is 5.11 Å². The molecule has 3 heterocycles. The van der Waals surface area contributed by atoms with Gasteiger partial charge in [0, 0.05) is 37.4 Å². The third-order valence-corrected chi connectivity index (χ3v) is 4.68. The van der Waals surface area contributed by atoms with E-state index in [0.717, 1.165) is 50.7 Å². The molecule has 1 aromatic heterocycles. The first kappa shape index (κ1) is 13.8. The van der Waals surface area contributed by atoms with E-state index in [1.54, 1.807) is 0 Å². The maximum absolute atomic E-state index is 10.7. The standard InChI is InChI=1S/C15H24N4O/c1-11(2)13-3-6-17-14(18-13)19-8-5-15(20)4-7-16-9-12(15)10-19/h3,6,11-12,16,20H,4-5,7-10H2,1-2H3/t12-,15-/m0/s1. The molecule has 1 aromatic rings. The number of hydrogen-bond acceptors (Lipinski definition) is 5. The molecule has 0 radical (unpaired) electrons. The zero-order valence-corrected chi connectivity index (χ0v) is 12.3. The van der Waals surface area contributed by atoms with Crippen LogP contribution in [0, 0.1) is 5.92 Å². The van der Waals surface area contributed by atoms with E-state index in [1.807, 2.05) is 12.3 Å². The molecule has 2 aliphatic heterocycles. The Labute approximate surface area is 120 Å². The van der Waals surface area contributed by atoms with Crippen LogP contribution in [0.2, 0.25) is 0 Å². The number of piperidine rings is 2. The first-order valence-electron chi connectivity index (χ1n) is 7.59. The van der Waals surface area contributed by atoms with E-state index < -0.39 is 5.60 Å². The summed E-state index contributed by atoms with van der Waals surface area (Å²) in [6.07, 6.45) is 3.52. The van der Waals surface area contributed by atoms with Crippen molar-refractivity contribution in [1.29, 1.82) is 0 Å². The first-order chi connectivity index (χ1) is 9.58. The number of hydrogen-bond donors (Lipinski definition) is 2. The lowest BCUT2D eigenvalue weighted by Crippen LogP contribution is -2.59. The molecule has 0 amide bonds. The minimum Gasteiger partial charge on any atom is -0.389 e. The molecule has 2 N–H and O–H groups in total. The summed E-state index contributed by atoms with van der Waals surface area (Å²) in [5.41, 5.74) is 0.592. The number of rotatable bonds is 2. The van der Waals surface area contributed by atoms with Gasteiger partial charge >= 0.3 is 0 Å². The minimum absolute atomic E-state index is 0.274. The van der Waals surface area contributed by atoms with Gasteiger partial charge in [0.25, 0.3) is 0 Å². The summed E-state index contributed by atoms with van der Waals surface area (Å²) in [6, 6.07) is 1.98. The van der Waals surface area contributed by atoms with E-state index >= 15 is 0 Å². The molecule has 0 aliphatic carbocycles. The number of nitrogens with zero attached hydrogens (tertiary/aromatic N) is 3. The molecule has 2 aliphatic rings. The molecule has 20 heavy (non-hydrogen) atoms. The third-order valence-electron chi connectivity index (χ3n) is 4.68. The van der Waals surface area contributed by atoms with Gasteiger partial charge in [-0.15, -0.1) is 0 Å². The van der Waals surface area contributed by atoms with E-state index in [-0.39, 0.29) is 5.92 Å². The second-order valence-corrected chi connectivity index (χ2v) is 6.39. The van der Waals surface area contributed by atoms with Crippen LogP contribution in [0.3, 0.4) is 0 Å². The Kier molecular flexibility index (Phi) is 3.65. The number of nitrogens with one attached hydrogen (secondary N) is 1. The Morgan fingerprint density at radius 3 is 3.10 bits per heavy atom. The highest BCUT2D eigenvalue weighted by Crippen LogP contribution is 2.34. The molecule has 5 nitrogen and oxygen atoms in total. The van der Waals surface area contributed by atoms with Crippen LogP contribution in [0.5, 0.6) is 0 Å². The van der Waals surface area contributed by atoms with Crippen molar-refractivity contribution in [2.45, 2.75) is 38.2 Å². The van der Waals surface area contributed by atoms with E-state index in [1.165, 1.54) is 0 Å². The highest BCUT2D eigenvalue weighted by atomic mass is 16.3. The highest BCUT2D eigenvalue weighted by Gasteiger charge is 2.43. The Hall–Kier alpha value is -1.20. The summed E-state index contributed by atoms with van der Waals surface area (Å²) in [6.45, 7) is 7.78. The Bertz CT molecular complexity index is 479. The molecule has 2 saturated heterocycles. The van der Waals surface area contributed by atoms with Crippen LogP contribution in [-0.4, -0.2) is 46.9 Å². The van der Waals surface area contributed by atoms with Crippen LogP contribution in [-0.2, 0) is 0 Å². The number of aliphatic hydroxyl groups is 1. The van der Waals surface area contributed by atoms with Crippen molar-refractivity contribution in [3.8, 4) is 0 Å². The van der Waals surface area contributed by atoms with Crippen LogP contribution in [0.4, 0.5) is 5.95 Å². The zero-order valence-electron chi connectivity index (χ0n) is 12.3. The van der Waals surface area contributed by atoms with Gasteiger partial charge in [0.05, 0.1) is 5.60 Å². The van der Waals surface area contributed by atoms with Crippen molar-refractivity contribution in [3.63, 3.8) is 0 Å². The maximum atomic E-state index is 10.7. The van der Waals surface area contributed by atoms with Gasteiger partial charge in [-0.3, -0.25) is 0 Å². The monoisotopic (exact) mass is 276 g/mol. The van der Waals surface area contributed by atoms with E-state index in [2.05, 4.69) is 34.0 Å². The molecule has 2 fully saturated rings. The van der Waals surface area contributed by atoms with Gasteiger partial charge in [0.2, 0.25) is 5.95 Å². The quantitative estimate of drug-likeness (QED) is 0.848. The normalized spacial score (nSPS) is 30.4. The first-order valence-corrected chi connectivity index (χ1v) is 7.59. The predicted octanol–water partition coefficient (Wildman–Crippen LogP) is 1.15. The largest absolute Gasteiger partial charge is 0.389 e. The van der Waals surface area contributed by atoms with E-state index in [9.17, 15) is 5.11 Å². The van der Waals surface area contributed by atoms with Gasteiger partial charge < -0.3 is 15.3 Å². The van der Waals surface area contributed by atoms with Crippen molar-refractivity contribution >= 4 is 5.95 Å². The molecule has 0 aromatic carbocycles. The lowest BCUT2D eigenvalue weighted by molar-refractivity contribution is -0.0540. The molecular weight excluding hydrogens is 252 g/mol. The van der Waals surface area contributed by atoms with Crippen molar-refractivity contribution in [2.24, 2.45) is 5.92 Å². The number of fused-ring (bicyclic) bond motifs is 1. The second kappa shape index (κ2) is 5.30. The topological polar surface area (TPSA) is 61.3 Å². The summed E-state index contributed by atoms with van der Waals surface area (Å²) in [4.78, 5) is 11.3. The lowest BCUT2D eigenvalue weighted by atomic mass is 9.76. The van der Waals surface area contributed by atoms with Gasteiger partial charge in [-0.05, 0) is 31.4 Å². The van der Waals surface area contributed by atoms with Crippen molar-refractivity contribution in [3.05, 3.63) is 18.0 Å². The number of anilines is 1. The second-order valence-electron chi connectivity index (χ2n) is 6.39. The molecule has 0 saturated carbocycles. The number of aromatic nitrogens is 2. The van der Waals surface area contributed by atoms with Gasteiger partial charge in [-0.25, -0.2) is 9.97 Å². The fraction of sp³-hybridized carbons (Fsp3) is 0.733. The van der Waals surface area contributed by atoms with Crippen LogP contribution >= 0.6 is 0 Å². The average molecular weight is 276 g/mol. The van der Waals surface area contributed by atoms with Crippen molar-refractivity contribution in [2.75, 3.05) is 31.1 Å². The fourth-order valence-corrected chi connectivity index (χ4v) is 3.24. The van der Waals surface area contributed by atoms with Crippen LogP contribution < -0.4 is 10.2 Å². The zero-order chi connectivity index (χ0) is 14.2. The van der Waals surface area contributed by atoms with Gasteiger partial charge in [0.15, 0.2) is 0 Å². The SMILES string of the molecule is CC(C)c1ccnc(N2CC[C@@]3(O)CCNC[C@H]3C2)n1. The van der Waals surface area contributed by atoms with Gasteiger partial charge in [0.1, 0.15) is 0 Å². The van der Waals surface area contributed by atoms with Crippen LogP contribution in [0.25, 0.3) is 0 Å². The van der Waals surface area contributed by atoms with E-state index in [0.29, 0.717) is 5.92 Å². The average Bonchev–Trinajstić information content (AvgIpc) is 2.46. The molecule has 0 spiro atoms. The summed E-state index contributed by atoms with van der Waals surface area (Å²) in [5.74, 6) is 1.50. The fourth-order valence-electron chi connectivity index (χ4n) is 3.24. The van der Waals surface area contributed by atoms with Gasteiger partial charge in [-0.1, -0.05) is 13.8 Å². The van der Waals surface area contributed by atoms with Crippen molar-refractivity contribution in [1.82, 2.24) is 15.3 Å². The summed E-state index contributed by atoms with van der Waals surface area (Å²) in [7, 11) is 0. The van der Waals surface area contributed by atoms with Crippen LogP contribution in [0.1, 0.15) is 38.3 Å². The smallest absolute Gasteiger partial charge is 0.225 e. The van der Waals surface area contributed by atoms with Crippen LogP contribution in [0.15, 0.2) is 12.3 Å². The Morgan fingerprint density at radius 2 is 2.30 bits per heavy atom. The lowest BCUT2D eigenvalue weighted by Gasteiger charge is -2.47. The summed E-state index contributed by atoms with van der Waals surface area (Å²) < 4.78 is 0. The minimum atomic E-state index is -0.489.